The average molecular weight is 372 g/mol. The minimum atomic E-state index is -0.847. The van der Waals surface area contributed by atoms with Crippen LogP contribution in [0.25, 0.3) is 11.0 Å². The van der Waals surface area contributed by atoms with Crippen LogP contribution < -0.4 is 0 Å². The molecule has 1 amide bonds. The smallest absolute Gasteiger partial charge is 0.303 e. The van der Waals surface area contributed by atoms with Crippen LogP contribution in [0.1, 0.15) is 74.1 Å². The van der Waals surface area contributed by atoms with Gasteiger partial charge in [-0.25, -0.2) is 9.67 Å². The lowest BCUT2D eigenvalue weighted by atomic mass is 10.1. The lowest BCUT2D eigenvalue weighted by molar-refractivity contribution is -0.137. The maximum absolute atomic E-state index is 13.2. The van der Waals surface area contributed by atoms with Gasteiger partial charge in [0.1, 0.15) is 0 Å². The van der Waals surface area contributed by atoms with Crippen LogP contribution in [0.4, 0.5) is 0 Å². The van der Waals surface area contributed by atoms with Gasteiger partial charge in [-0.1, -0.05) is 0 Å². The van der Waals surface area contributed by atoms with Crippen molar-refractivity contribution >= 4 is 22.9 Å². The molecular weight excluding hydrogens is 344 g/mol. The van der Waals surface area contributed by atoms with E-state index in [1.165, 1.54) is 0 Å². The molecular formula is C20H28N4O3. The van der Waals surface area contributed by atoms with Gasteiger partial charge in [0.05, 0.1) is 22.2 Å². The molecule has 0 bridgehead atoms. The van der Waals surface area contributed by atoms with Crippen LogP contribution >= 0.6 is 0 Å². The number of pyridine rings is 1. The Hall–Kier alpha value is -2.44. The fourth-order valence-electron chi connectivity index (χ4n) is 3.31. The monoisotopic (exact) mass is 372 g/mol. The first-order valence-electron chi connectivity index (χ1n) is 9.47. The maximum atomic E-state index is 13.2. The molecule has 2 heterocycles. The highest BCUT2D eigenvalue weighted by Crippen LogP contribution is 2.41. The molecule has 0 saturated heterocycles. The molecule has 1 fully saturated rings. The number of aryl methyl sites for hydroxylation is 1. The van der Waals surface area contributed by atoms with Gasteiger partial charge in [0.2, 0.25) is 0 Å². The molecule has 7 nitrogen and oxygen atoms in total. The molecule has 1 aliphatic carbocycles. The van der Waals surface area contributed by atoms with Gasteiger partial charge in [-0.05, 0) is 53.0 Å². The summed E-state index contributed by atoms with van der Waals surface area (Å²) in [6.45, 7) is 8.53. The van der Waals surface area contributed by atoms with E-state index < -0.39 is 5.97 Å². The number of hydrogen-bond donors (Lipinski definition) is 1. The number of carbonyl (C=O) groups excluding carboxylic acids is 1. The maximum Gasteiger partial charge on any atom is 0.303 e. The molecule has 1 saturated carbocycles. The predicted octanol–water partition coefficient (Wildman–Crippen LogP) is 3.31. The fourth-order valence-corrected chi connectivity index (χ4v) is 3.31. The van der Waals surface area contributed by atoms with Crippen LogP contribution in [-0.2, 0) is 10.3 Å². The van der Waals surface area contributed by atoms with Crippen LogP contribution in [0.15, 0.2) is 6.07 Å². The summed E-state index contributed by atoms with van der Waals surface area (Å²) in [5, 5.41) is 14.3. The van der Waals surface area contributed by atoms with Crippen LogP contribution in [0, 0.1) is 6.92 Å². The van der Waals surface area contributed by atoms with E-state index in [4.69, 9.17) is 10.1 Å². The Morgan fingerprint density at radius 2 is 2.00 bits per heavy atom. The largest absolute Gasteiger partial charge is 0.481 e. The zero-order chi connectivity index (χ0) is 19.9. The number of aromatic nitrogens is 3. The van der Waals surface area contributed by atoms with E-state index in [9.17, 15) is 9.59 Å². The average Bonchev–Trinajstić information content (AvgIpc) is 3.36. The molecule has 3 rings (SSSR count). The Morgan fingerprint density at radius 1 is 1.33 bits per heavy atom. The van der Waals surface area contributed by atoms with Crippen LogP contribution in [-0.4, -0.2) is 50.2 Å². The third-order valence-electron chi connectivity index (χ3n) is 4.92. The summed E-state index contributed by atoms with van der Waals surface area (Å²) in [5.41, 5.74) is 2.88. The summed E-state index contributed by atoms with van der Waals surface area (Å²) in [4.78, 5) is 30.4. The van der Waals surface area contributed by atoms with Crippen molar-refractivity contribution in [3.8, 4) is 0 Å². The fraction of sp³-hybridized carbons (Fsp3) is 0.600. The van der Waals surface area contributed by atoms with Crippen molar-refractivity contribution in [1.82, 2.24) is 19.7 Å². The molecule has 27 heavy (non-hydrogen) atoms. The third-order valence-corrected chi connectivity index (χ3v) is 4.92. The summed E-state index contributed by atoms with van der Waals surface area (Å²) in [6, 6.07) is 1.91. The van der Waals surface area contributed by atoms with Gasteiger partial charge in [0.15, 0.2) is 5.65 Å². The second-order valence-electron chi connectivity index (χ2n) is 8.46. The number of hydrogen-bond acceptors (Lipinski definition) is 4. The summed E-state index contributed by atoms with van der Waals surface area (Å²) in [5.74, 6) is -0.534. The zero-order valence-electron chi connectivity index (χ0n) is 16.7. The first-order valence-corrected chi connectivity index (χ1v) is 9.47. The van der Waals surface area contributed by atoms with Crippen molar-refractivity contribution in [2.24, 2.45) is 0 Å². The number of amides is 1. The molecule has 1 N–H and O–H groups in total. The summed E-state index contributed by atoms with van der Waals surface area (Å²) in [6.07, 6.45) is 2.69. The number of rotatable bonds is 6. The Morgan fingerprint density at radius 3 is 2.56 bits per heavy atom. The first kappa shape index (κ1) is 19.3. The van der Waals surface area contributed by atoms with Gasteiger partial charge in [-0.15, -0.1) is 0 Å². The van der Waals surface area contributed by atoms with E-state index in [-0.39, 0.29) is 17.9 Å². The summed E-state index contributed by atoms with van der Waals surface area (Å²) in [7, 11) is 1.72. The van der Waals surface area contributed by atoms with Gasteiger partial charge in [-0.2, -0.15) is 5.10 Å². The number of nitrogens with zero attached hydrogens (tertiary/aromatic N) is 4. The van der Waals surface area contributed by atoms with Crippen molar-refractivity contribution in [1.29, 1.82) is 0 Å². The van der Waals surface area contributed by atoms with Crippen molar-refractivity contribution in [2.45, 2.75) is 64.8 Å². The Labute approximate surface area is 159 Å². The lowest BCUT2D eigenvalue weighted by Crippen LogP contribution is -2.28. The highest BCUT2D eigenvalue weighted by molar-refractivity contribution is 6.06. The van der Waals surface area contributed by atoms with Crippen LogP contribution in [0.2, 0.25) is 0 Å². The number of fused-ring (bicyclic) bond motifs is 1. The molecule has 7 heteroatoms. The van der Waals surface area contributed by atoms with Crippen LogP contribution in [0.3, 0.4) is 0 Å². The second-order valence-corrected chi connectivity index (χ2v) is 8.46. The SMILES string of the molecule is Cc1nn(C(C)(C)C)c2nc(C3CC3)cc(C(=O)N(C)CCCC(=O)O)c12. The lowest BCUT2D eigenvalue weighted by Gasteiger charge is -2.21. The van der Waals surface area contributed by atoms with Crippen LogP contribution in [0.5, 0.6) is 0 Å². The van der Waals surface area contributed by atoms with Gasteiger partial charge in [0, 0.05) is 31.6 Å². The van der Waals surface area contributed by atoms with E-state index >= 15 is 0 Å². The molecule has 1 aliphatic rings. The van der Waals surface area contributed by atoms with Gasteiger partial charge >= 0.3 is 5.97 Å². The van der Waals surface area contributed by atoms with E-state index in [2.05, 4.69) is 25.9 Å². The number of aliphatic carboxylic acids is 1. The number of carbonyl (C=O) groups is 2. The molecule has 0 radical (unpaired) electrons. The standard InChI is InChI=1S/C20H28N4O3/c1-12-17-14(19(27)23(5)10-6-7-16(25)26)11-15(13-8-9-13)21-18(17)24(22-12)20(2,3)4/h11,13H,6-10H2,1-5H3,(H,25,26). The minimum absolute atomic E-state index is 0.0533. The van der Waals surface area contributed by atoms with Gasteiger partial charge in [0.25, 0.3) is 5.91 Å². The zero-order valence-corrected chi connectivity index (χ0v) is 16.7. The number of carboxylic acid groups (broad SMARTS) is 1. The minimum Gasteiger partial charge on any atom is -0.481 e. The Kier molecular flexibility index (Phi) is 4.97. The highest BCUT2D eigenvalue weighted by Gasteiger charge is 2.31. The molecule has 2 aromatic rings. The third kappa shape index (κ3) is 3.96. The molecule has 0 aliphatic heterocycles. The van der Waals surface area contributed by atoms with E-state index in [0.29, 0.717) is 24.4 Å². The molecule has 0 atom stereocenters. The normalized spacial score (nSPS) is 14.6. The highest BCUT2D eigenvalue weighted by atomic mass is 16.4. The van der Waals surface area contributed by atoms with Gasteiger partial charge < -0.3 is 10.0 Å². The van der Waals surface area contributed by atoms with Crippen molar-refractivity contribution in [3.05, 3.63) is 23.0 Å². The molecule has 0 aromatic carbocycles. The number of carboxylic acids is 1. The van der Waals surface area contributed by atoms with E-state index in [1.54, 1.807) is 11.9 Å². The molecule has 0 unspecified atom stereocenters. The predicted molar refractivity (Wildman–Crippen MR) is 103 cm³/mol. The first-order chi connectivity index (χ1) is 12.6. The van der Waals surface area contributed by atoms with Crippen molar-refractivity contribution < 1.29 is 14.7 Å². The quantitative estimate of drug-likeness (QED) is 0.840. The van der Waals surface area contributed by atoms with E-state index in [1.807, 2.05) is 17.7 Å². The van der Waals surface area contributed by atoms with Crippen molar-refractivity contribution in [3.63, 3.8) is 0 Å². The second kappa shape index (κ2) is 6.94. The Bertz CT molecular complexity index is 891. The van der Waals surface area contributed by atoms with E-state index in [0.717, 1.165) is 35.3 Å². The topological polar surface area (TPSA) is 88.3 Å². The van der Waals surface area contributed by atoms with Gasteiger partial charge in [-0.3, -0.25) is 9.59 Å². The molecule has 0 spiro atoms. The van der Waals surface area contributed by atoms with Crippen molar-refractivity contribution in [2.75, 3.05) is 13.6 Å². The molecule has 146 valence electrons. The molecule has 2 aromatic heterocycles. The summed E-state index contributed by atoms with van der Waals surface area (Å²) < 4.78 is 1.91. The Balaban J connectivity index is 2.04. The summed E-state index contributed by atoms with van der Waals surface area (Å²) >= 11 is 0.